The van der Waals surface area contributed by atoms with Gasteiger partial charge in [0.05, 0.1) is 39.6 Å². The van der Waals surface area contributed by atoms with E-state index in [0.29, 0.717) is 31.0 Å². The van der Waals surface area contributed by atoms with Crippen molar-refractivity contribution in [2.45, 2.75) is 39.5 Å². The van der Waals surface area contributed by atoms with Gasteiger partial charge in [-0.25, -0.2) is 9.97 Å². The maximum Gasteiger partial charge on any atom is 0.416 e. The summed E-state index contributed by atoms with van der Waals surface area (Å²) in [4.78, 5) is 56.0. The second kappa shape index (κ2) is 15.2. The van der Waals surface area contributed by atoms with Crippen molar-refractivity contribution in [1.82, 2.24) is 39.3 Å². The Kier molecular flexibility index (Phi) is 10.4. The average Bonchev–Trinajstić information content (AvgIpc) is 3.62. The molecule has 2 amide bonds. The molecule has 0 unspecified atom stereocenters. The molecule has 5 heterocycles. The van der Waals surface area contributed by atoms with Gasteiger partial charge in [-0.2, -0.15) is 18.4 Å². The maximum absolute atomic E-state index is 14.4. The van der Waals surface area contributed by atoms with Crippen LogP contribution in [0.1, 0.15) is 39.9 Å². The smallest absolute Gasteiger partial charge is 0.416 e. The number of hydrogen-bond donors (Lipinski definition) is 2. The maximum atomic E-state index is 14.4. The molecule has 56 heavy (non-hydrogen) atoms. The molecule has 19 heteroatoms. The molecule has 7 rings (SSSR count). The van der Waals surface area contributed by atoms with Crippen molar-refractivity contribution in [3.05, 3.63) is 92.2 Å². The van der Waals surface area contributed by atoms with Crippen molar-refractivity contribution < 1.29 is 27.9 Å². The molecular weight excluding hydrogens is 755 g/mol. The number of anilines is 2. The molecule has 2 fully saturated rings. The fraction of sp³-hybridized carbons (Fsp3) is 0.351. The van der Waals surface area contributed by atoms with Crippen molar-refractivity contribution in [2.75, 3.05) is 49.5 Å². The van der Waals surface area contributed by atoms with Crippen molar-refractivity contribution in [1.29, 1.82) is 5.26 Å². The highest BCUT2D eigenvalue weighted by molar-refractivity contribution is 6.33. The molecule has 2 aromatic carbocycles. The van der Waals surface area contributed by atoms with Crippen molar-refractivity contribution >= 4 is 46.0 Å². The van der Waals surface area contributed by atoms with Gasteiger partial charge in [-0.15, -0.1) is 15.0 Å². The van der Waals surface area contributed by atoms with Gasteiger partial charge in [0.2, 0.25) is 11.3 Å². The van der Waals surface area contributed by atoms with Crippen LogP contribution in [0.3, 0.4) is 0 Å². The molecule has 2 aliphatic heterocycles. The number of rotatable bonds is 9. The Morgan fingerprint density at radius 2 is 1.77 bits per heavy atom. The SMILES string of the molecule is CCc1c(N2CCN(C(=O)c3ncnc(C)c3O)CC2)c(=O)c2nn(-c3ccc(CN4CC(C#N)C4)cc3)nc2n1CC(=O)Nc1ccc(C(F)(F)F)cc1Cl. The van der Waals surface area contributed by atoms with E-state index in [0.717, 1.165) is 23.8 Å². The number of aromatic hydroxyl groups is 1. The van der Waals surface area contributed by atoms with Crippen LogP contribution in [0.4, 0.5) is 24.5 Å². The lowest BCUT2D eigenvalue weighted by Crippen LogP contribution is -2.50. The third-order valence-electron chi connectivity index (χ3n) is 9.89. The number of fused-ring (bicyclic) bond motifs is 1. The number of alkyl halides is 3. The van der Waals surface area contributed by atoms with E-state index in [1.54, 1.807) is 23.6 Å². The Bertz CT molecular complexity index is 2430. The van der Waals surface area contributed by atoms with E-state index >= 15 is 0 Å². The summed E-state index contributed by atoms with van der Waals surface area (Å²) in [7, 11) is 0. The molecule has 0 spiro atoms. The molecular formula is C37H35ClF3N11O4. The van der Waals surface area contributed by atoms with Gasteiger partial charge in [-0.3, -0.25) is 19.3 Å². The number of likely N-dealkylation sites (tertiary alicyclic amines) is 1. The fourth-order valence-corrected chi connectivity index (χ4v) is 7.13. The van der Waals surface area contributed by atoms with Crippen LogP contribution in [0, 0.1) is 24.2 Å². The number of benzene rings is 2. The minimum Gasteiger partial charge on any atom is -0.504 e. The Balaban J connectivity index is 1.22. The van der Waals surface area contributed by atoms with Gasteiger partial charge >= 0.3 is 6.18 Å². The van der Waals surface area contributed by atoms with E-state index < -0.39 is 35.5 Å². The molecule has 2 N–H and O–H groups in total. The monoisotopic (exact) mass is 789 g/mol. The van der Waals surface area contributed by atoms with Gasteiger partial charge in [0.25, 0.3) is 5.91 Å². The predicted octanol–water partition coefficient (Wildman–Crippen LogP) is 4.18. The second-order valence-electron chi connectivity index (χ2n) is 13.6. The summed E-state index contributed by atoms with van der Waals surface area (Å²) in [5.41, 5.74) is 1.07. The third-order valence-corrected chi connectivity index (χ3v) is 10.2. The quantitative estimate of drug-likeness (QED) is 0.219. The largest absolute Gasteiger partial charge is 0.504 e. The predicted molar refractivity (Wildman–Crippen MR) is 199 cm³/mol. The highest BCUT2D eigenvalue weighted by atomic mass is 35.5. The number of aryl methyl sites for hydroxylation is 1. The lowest BCUT2D eigenvalue weighted by Gasteiger charge is -2.36. The molecule has 0 atom stereocenters. The van der Waals surface area contributed by atoms with Crippen LogP contribution in [-0.4, -0.2) is 95.5 Å². The fourth-order valence-electron chi connectivity index (χ4n) is 6.90. The average molecular weight is 790 g/mol. The van der Waals surface area contributed by atoms with Gasteiger partial charge < -0.3 is 24.8 Å². The number of carbonyl (C=O) groups excluding carboxylic acids is 2. The summed E-state index contributed by atoms with van der Waals surface area (Å²) in [6.45, 7) is 5.85. The number of carbonyl (C=O) groups is 2. The number of piperazine rings is 1. The first-order valence-electron chi connectivity index (χ1n) is 17.7. The second-order valence-corrected chi connectivity index (χ2v) is 14.0. The highest BCUT2D eigenvalue weighted by Crippen LogP contribution is 2.34. The summed E-state index contributed by atoms with van der Waals surface area (Å²) < 4.78 is 41.4. The topological polar surface area (TPSA) is 178 Å². The first-order chi connectivity index (χ1) is 26.7. The first kappa shape index (κ1) is 38.2. The zero-order chi connectivity index (χ0) is 39.9. The Labute approximate surface area is 322 Å². The Morgan fingerprint density at radius 1 is 1.05 bits per heavy atom. The van der Waals surface area contributed by atoms with Gasteiger partial charge in [0.1, 0.15) is 18.6 Å². The number of nitrogens with zero attached hydrogens (tertiary/aromatic N) is 10. The van der Waals surface area contributed by atoms with E-state index in [1.165, 1.54) is 16.0 Å². The zero-order valence-corrected chi connectivity index (χ0v) is 31.0. The van der Waals surface area contributed by atoms with Gasteiger partial charge in [0, 0.05) is 51.5 Å². The van der Waals surface area contributed by atoms with Gasteiger partial charge in [-0.05, 0) is 49.2 Å². The number of hydrogen-bond acceptors (Lipinski definition) is 11. The summed E-state index contributed by atoms with van der Waals surface area (Å²) in [5.74, 6) is -1.40. The van der Waals surface area contributed by atoms with E-state index in [9.17, 15) is 32.7 Å². The summed E-state index contributed by atoms with van der Waals surface area (Å²) in [6.07, 6.45) is -3.16. The van der Waals surface area contributed by atoms with Crippen LogP contribution in [0.15, 0.2) is 53.6 Å². The number of pyridine rings is 1. The molecule has 0 saturated carbocycles. The minimum absolute atomic E-state index is 0.0235. The van der Waals surface area contributed by atoms with Crippen molar-refractivity contribution in [3.8, 4) is 17.5 Å². The van der Waals surface area contributed by atoms with Crippen LogP contribution in [0.25, 0.3) is 16.9 Å². The molecule has 0 aliphatic carbocycles. The standard InChI is InChI=1S/C37H35ClF3N11O4/c1-3-28-32(49-10-12-50(13-11-49)36(56)31-33(54)21(2)43-20-44-31)34(55)30-35(51(28)19-29(53)45-27-9-6-24(14-26(27)38)37(39,40)41)47-52(46-30)25-7-4-22(5-8-25)16-48-17-23(15-42)18-48/h4-9,14,20,23,54H,3,10-13,16-19H2,1-2H3,(H,45,53). The molecule has 0 bridgehead atoms. The molecule has 15 nitrogen and oxygen atoms in total. The third kappa shape index (κ3) is 7.47. The normalized spacial score (nSPS) is 15.2. The van der Waals surface area contributed by atoms with E-state index in [2.05, 4.69) is 36.5 Å². The number of halogens is 4. The van der Waals surface area contributed by atoms with Crippen LogP contribution in [-0.2, 0) is 30.5 Å². The van der Waals surface area contributed by atoms with Crippen LogP contribution in [0.5, 0.6) is 5.75 Å². The highest BCUT2D eigenvalue weighted by Gasteiger charge is 2.33. The van der Waals surface area contributed by atoms with Crippen LogP contribution >= 0.6 is 11.6 Å². The lowest BCUT2D eigenvalue weighted by atomic mass is 10.0. The Morgan fingerprint density at radius 3 is 2.41 bits per heavy atom. The van der Waals surface area contributed by atoms with E-state index in [1.807, 2.05) is 24.0 Å². The summed E-state index contributed by atoms with van der Waals surface area (Å²) in [6, 6.07) is 12.3. The first-order valence-corrected chi connectivity index (χ1v) is 18.1. The molecule has 3 aromatic heterocycles. The number of aromatic nitrogens is 6. The van der Waals surface area contributed by atoms with E-state index in [4.69, 9.17) is 16.9 Å². The molecule has 5 aromatic rings. The number of nitriles is 1. The minimum atomic E-state index is -4.63. The molecule has 2 saturated heterocycles. The Hall–Kier alpha value is -6.06. The van der Waals surface area contributed by atoms with E-state index in [-0.39, 0.29) is 83.2 Å². The summed E-state index contributed by atoms with van der Waals surface area (Å²) in [5, 5.41) is 31.0. The molecule has 0 radical (unpaired) electrons. The zero-order valence-electron chi connectivity index (χ0n) is 30.2. The van der Waals surface area contributed by atoms with Crippen LogP contribution < -0.4 is 15.6 Å². The van der Waals surface area contributed by atoms with Crippen molar-refractivity contribution in [2.24, 2.45) is 5.92 Å². The van der Waals surface area contributed by atoms with Crippen molar-refractivity contribution in [3.63, 3.8) is 0 Å². The molecule has 290 valence electrons. The lowest BCUT2D eigenvalue weighted by molar-refractivity contribution is -0.137. The van der Waals surface area contributed by atoms with Gasteiger partial charge in [0.15, 0.2) is 22.6 Å². The van der Waals surface area contributed by atoms with Crippen LogP contribution in [0.2, 0.25) is 5.02 Å². The molecule has 2 aliphatic rings. The van der Waals surface area contributed by atoms with Gasteiger partial charge in [-0.1, -0.05) is 30.7 Å². The number of amides is 2. The number of nitrogens with one attached hydrogen (secondary N) is 1. The summed E-state index contributed by atoms with van der Waals surface area (Å²) >= 11 is 6.15.